The van der Waals surface area contributed by atoms with Crippen molar-refractivity contribution in [3.8, 4) is 0 Å². The molecule has 0 bridgehead atoms. The minimum Gasteiger partial charge on any atom is -0.396 e. The number of hydrogen-bond donors (Lipinski definition) is 3. The van der Waals surface area contributed by atoms with Crippen molar-refractivity contribution in [3.63, 3.8) is 0 Å². The van der Waals surface area contributed by atoms with Gasteiger partial charge in [-0.05, 0) is 32.6 Å². The van der Waals surface area contributed by atoms with E-state index in [0.29, 0.717) is 6.42 Å². The molecule has 1 rings (SSSR count). The van der Waals surface area contributed by atoms with Crippen molar-refractivity contribution in [3.05, 3.63) is 12.2 Å². The number of carbonyl (C=O) groups excluding carboxylic acids is 1. The topological polar surface area (TPSA) is 77.8 Å². The maximum absolute atomic E-state index is 12.1. The summed E-state index contributed by atoms with van der Waals surface area (Å²) >= 11 is 0. The van der Waals surface area contributed by atoms with Crippen molar-refractivity contribution in [2.24, 2.45) is 11.8 Å². The molecule has 1 aliphatic carbocycles. The Morgan fingerprint density at radius 1 is 1.21 bits per heavy atom. The van der Waals surface area contributed by atoms with Crippen molar-refractivity contribution >= 4 is 5.78 Å². The summed E-state index contributed by atoms with van der Waals surface area (Å²) in [6.45, 7) is 4.14. The molecule has 3 N–H and O–H groups in total. The highest BCUT2D eigenvalue weighted by Gasteiger charge is 2.39. The molecular formula is C20H36O4. The summed E-state index contributed by atoms with van der Waals surface area (Å²) in [7, 11) is 0. The molecule has 4 heteroatoms. The van der Waals surface area contributed by atoms with Crippen molar-refractivity contribution in [2.75, 3.05) is 6.61 Å². The van der Waals surface area contributed by atoms with E-state index in [2.05, 4.69) is 0 Å². The second-order valence-electron chi connectivity index (χ2n) is 7.58. The van der Waals surface area contributed by atoms with Crippen LogP contribution in [0.3, 0.4) is 0 Å². The van der Waals surface area contributed by atoms with Gasteiger partial charge in [0.05, 0.1) is 11.7 Å². The van der Waals surface area contributed by atoms with E-state index in [0.717, 1.165) is 51.4 Å². The predicted molar refractivity (Wildman–Crippen MR) is 96.7 cm³/mol. The number of ketones is 1. The maximum atomic E-state index is 12.1. The van der Waals surface area contributed by atoms with E-state index in [-0.39, 0.29) is 30.6 Å². The Bertz CT molecular complexity index is 389. The van der Waals surface area contributed by atoms with Gasteiger partial charge in [0.2, 0.25) is 0 Å². The molecule has 140 valence electrons. The molecule has 1 fully saturated rings. The summed E-state index contributed by atoms with van der Waals surface area (Å²) < 4.78 is 0. The first-order chi connectivity index (χ1) is 11.4. The molecule has 0 saturated heterocycles. The van der Waals surface area contributed by atoms with E-state index in [1.807, 2.05) is 26.0 Å². The first-order valence-corrected chi connectivity index (χ1v) is 9.62. The lowest BCUT2D eigenvalue weighted by Crippen LogP contribution is -2.23. The van der Waals surface area contributed by atoms with Gasteiger partial charge in [0.1, 0.15) is 5.78 Å². The highest BCUT2D eigenvalue weighted by atomic mass is 16.3. The third kappa shape index (κ3) is 7.45. The highest BCUT2D eigenvalue weighted by molar-refractivity contribution is 5.84. The summed E-state index contributed by atoms with van der Waals surface area (Å²) in [4.78, 5) is 12.1. The second kappa shape index (κ2) is 11.0. The molecule has 0 amide bonds. The number of carbonyl (C=O) groups is 1. The molecule has 0 aliphatic heterocycles. The van der Waals surface area contributed by atoms with Crippen LogP contribution in [-0.2, 0) is 4.79 Å². The fraction of sp³-hybridized carbons (Fsp3) is 0.850. The monoisotopic (exact) mass is 340 g/mol. The van der Waals surface area contributed by atoms with Gasteiger partial charge < -0.3 is 15.3 Å². The summed E-state index contributed by atoms with van der Waals surface area (Å²) in [6.07, 6.45) is 11.7. The second-order valence-corrected chi connectivity index (χ2v) is 7.58. The first kappa shape index (κ1) is 21.3. The van der Waals surface area contributed by atoms with Crippen LogP contribution >= 0.6 is 0 Å². The number of unbranched alkanes of at least 4 members (excludes halogenated alkanes) is 4. The van der Waals surface area contributed by atoms with Crippen LogP contribution in [-0.4, -0.2) is 39.4 Å². The molecule has 0 spiro atoms. The van der Waals surface area contributed by atoms with Gasteiger partial charge in [-0.3, -0.25) is 4.79 Å². The zero-order chi connectivity index (χ0) is 18.0. The molecule has 1 unspecified atom stereocenters. The van der Waals surface area contributed by atoms with Crippen LogP contribution < -0.4 is 0 Å². The lowest BCUT2D eigenvalue weighted by Gasteiger charge is -2.22. The molecule has 0 aromatic heterocycles. The van der Waals surface area contributed by atoms with Crippen LogP contribution in [0, 0.1) is 11.8 Å². The Balaban J connectivity index is 2.46. The van der Waals surface area contributed by atoms with Crippen LogP contribution in [0.4, 0.5) is 0 Å². The van der Waals surface area contributed by atoms with Gasteiger partial charge in [-0.2, -0.15) is 0 Å². The summed E-state index contributed by atoms with van der Waals surface area (Å²) in [5.74, 6) is -0.00888. The van der Waals surface area contributed by atoms with Crippen molar-refractivity contribution in [2.45, 2.75) is 89.8 Å². The van der Waals surface area contributed by atoms with Crippen molar-refractivity contribution in [1.29, 1.82) is 0 Å². The summed E-state index contributed by atoms with van der Waals surface area (Å²) in [5.41, 5.74) is -0.707. The lowest BCUT2D eigenvalue weighted by atomic mass is 9.87. The third-order valence-corrected chi connectivity index (χ3v) is 5.11. The molecule has 0 radical (unpaired) electrons. The Labute approximate surface area is 147 Å². The minimum atomic E-state index is -0.707. The minimum absolute atomic E-state index is 0.0785. The maximum Gasteiger partial charge on any atom is 0.139 e. The van der Waals surface area contributed by atoms with Gasteiger partial charge in [0, 0.05) is 24.9 Å². The Kier molecular flexibility index (Phi) is 9.79. The average molecular weight is 341 g/mol. The fourth-order valence-electron chi connectivity index (χ4n) is 3.72. The summed E-state index contributed by atoms with van der Waals surface area (Å²) in [6, 6.07) is 0. The standard InChI is InChI=1S/C20H36O4/c1-3-12-20(2,24)13-9-11-17-16(18(22)15-19(17)23)10-7-5-4-6-8-14-21/h9,11,16-17,19,21,23-24H,3-8,10,12-15H2,1-2H3/b11-9+/t16-,17-,19-,20?/m1/s1. The van der Waals surface area contributed by atoms with E-state index in [4.69, 9.17) is 5.11 Å². The van der Waals surface area contributed by atoms with Crippen molar-refractivity contribution < 1.29 is 20.1 Å². The van der Waals surface area contributed by atoms with E-state index in [1.165, 1.54) is 0 Å². The molecule has 0 aromatic rings. The Morgan fingerprint density at radius 3 is 2.54 bits per heavy atom. The van der Waals surface area contributed by atoms with Gasteiger partial charge in [-0.15, -0.1) is 0 Å². The number of Topliss-reactive ketones (excluding diaryl/α,β-unsaturated/α-hetero) is 1. The van der Waals surface area contributed by atoms with Gasteiger partial charge >= 0.3 is 0 Å². The van der Waals surface area contributed by atoms with Gasteiger partial charge in [-0.1, -0.05) is 51.2 Å². The van der Waals surface area contributed by atoms with Gasteiger partial charge in [0.25, 0.3) is 0 Å². The lowest BCUT2D eigenvalue weighted by molar-refractivity contribution is -0.121. The molecule has 4 nitrogen and oxygen atoms in total. The van der Waals surface area contributed by atoms with E-state index >= 15 is 0 Å². The molecular weight excluding hydrogens is 304 g/mol. The smallest absolute Gasteiger partial charge is 0.139 e. The molecule has 4 atom stereocenters. The molecule has 1 aliphatic rings. The molecule has 1 saturated carbocycles. The van der Waals surface area contributed by atoms with Gasteiger partial charge in [-0.25, -0.2) is 0 Å². The van der Waals surface area contributed by atoms with Crippen LogP contribution in [0.1, 0.15) is 78.1 Å². The molecule has 24 heavy (non-hydrogen) atoms. The van der Waals surface area contributed by atoms with Crippen LogP contribution in [0.2, 0.25) is 0 Å². The van der Waals surface area contributed by atoms with Gasteiger partial charge in [0.15, 0.2) is 0 Å². The Hall–Kier alpha value is -0.710. The largest absolute Gasteiger partial charge is 0.396 e. The molecule has 0 aromatic carbocycles. The molecule has 0 heterocycles. The first-order valence-electron chi connectivity index (χ1n) is 9.62. The average Bonchev–Trinajstić information content (AvgIpc) is 2.77. The number of hydrogen-bond acceptors (Lipinski definition) is 4. The number of rotatable bonds is 12. The van der Waals surface area contributed by atoms with E-state index < -0.39 is 11.7 Å². The third-order valence-electron chi connectivity index (χ3n) is 5.11. The van der Waals surface area contributed by atoms with Crippen LogP contribution in [0.15, 0.2) is 12.2 Å². The number of aliphatic hydroxyl groups excluding tert-OH is 2. The van der Waals surface area contributed by atoms with Crippen LogP contribution in [0.25, 0.3) is 0 Å². The predicted octanol–water partition coefficient (Wildman–Crippen LogP) is 3.38. The quantitative estimate of drug-likeness (QED) is 0.376. The SMILES string of the molecule is CCCC(C)(O)C/C=C/[C@H]1[C@H](O)CC(=O)[C@@H]1CCCCCCCO. The fourth-order valence-corrected chi connectivity index (χ4v) is 3.72. The number of aliphatic hydroxyl groups is 3. The zero-order valence-electron chi connectivity index (χ0n) is 15.4. The van der Waals surface area contributed by atoms with Crippen LogP contribution in [0.5, 0.6) is 0 Å². The zero-order valence-corrected chi connectivity index (χ0v) is 15.4. The van der Waals surface area contributed by atoms with E-state index in [9.17, 15) is 15.0 Å². The van der Waals surface area contributed by atoms with Crippen molar-refractivity contribution in [1.82, 2.24) is 0 Å². The normalized spacial score (nSPS) is 27.0. The highest BCUT2D eigenvalue weighted by Crippen LogP contribution is 2.34. The Morgan fingerprint density at radius 2 is 1.88 bits per heavy atom. The van der Waals surface area contributed by atoms with E-state index in [1.54, 1.807) is 0 Å². The summed E-state index contributed by atoms with van der Waals surface area (Å²) in [5, 5.41) is 29.2.